The molecular weight excluding hydrogens is 436 g/mol. The number of piperidine rings is 1. The third-order valence-corrected chi connectivity index (χ3v) is 7.30. The number of para-hydroxylation sites is 2. The summed E-state index contributed by atoms with van der Waals surface area (Å²) in [6.45, 7) is 0.990. The molecule has 1 amide bonds. The standard InChI is InChI=1S/C21H26N4O6S/c1-23(2)32(29,30)16-8-9-20(31-3)17(14-16)22-21(26)15-10-12-24(13-11-15)18-6-4-5-7-19(18)25(27)28/h4-9,14-15H,10-13H2,1-3H3,(H,22,26). The van der Waals surface area contributed by atoms with E-state index in [1.165, 1.54) is 45.5 Å². The van der Waals surface area contributed by atoms with Gasteiger partial charge < -0.3 is 15.0 Å². The Kier molecular flexibility index (Phi) is 6.99. The van der Waals surface area contributed by atoms with Gasteiger partial charge in [0.15, 0.2) is 0 Å². The van der Waals surface area contributed by atoms with Crippen LogP contribution in [0, 0.1) is 16.0 Å². The Bertz CT molecular complexity index is 1110. The molecule has 0 aliphatic carbocycles. The summed E-state index contributed by atoms with van der Waals surface area (Å²) in [5.74, 6) is -0.203. The lowest BCUT2D eigenvalue weighted by atomic mass is 9.95. The van der Waals surface area contributed by atoms with E-state index in [9.17, 15) is 23.3 Å². The van der Waals surface area contributed by atoms with Gasteiger partial charge >= 0.3 is 0 Å². The zero-order valence-corrected chi connectivity index (χ0v) is 19.0. The van der Waals surface area contributed by atoms with E-state index in [1.807, 2.05) is 4.90 Å². The third-order valence-electron chi connectivity index (χ3n) is 5.49. The lowest BCUT2D eigenvalue weighted by Crippen LogP contribution is -2.38. The van der Waals surface area contributed by atoms with E-state index in [-0.39, 0.29) is 28.1 Å². The highest BCUT2D eigenvalue weighted by Crippen LogP contribution is 2.33. The first kappa shape index (κ1) is 23.5. The molecule has 0 spiro atoms. The highest BCUT2D eigenvalue weighted by molar-refractivity contribution is 7.89. The molecule has 0 aromatic heterocycles. The number of methoxy groups -OCH3 is 1. The van der Waals surface area contributed by atoms with Crippen LogP contribution in [0.3, 0.4) is 0 Å². The second kappa shape index (κ2) is 9.53. The fourth-order valence-corrected chi connectivity index (χ4v) is 4.59. The number of anilines is 2. The van der Waals surface area contributed by atoms with Gasteiger partial charge in [0.05, 0.1) is 22.6 Å². The molecule has 0 unspecified atom stereocenters. The van der Waals surface area contributed by atoms with Crippen LogP contribution in [0.2, 0.25) is 0 Å². The number of amides is 1. The average molecular weight is 463 g/mol. The summed E-state index contributed by atoms with van der Waals surface area (Å²) in [7, 11) is 0.638. The molecule has 1 fully saturated rings. The van der Waals surface area contributed by atoms with Crippen molar-refractivity contribution in [2.24, 2.45) is 5.92 Å². The number of nitro benzene ring substituents is 1. The molecule has 10 nitrogen and oxygen atoms in total. The Balaban J connectivity index is 1.72. The fraction of sp³-hybridized carbons (Fsp3) is 0.381. The Morgan fingerprint density at radius 1 is 1.19 bits per heavy atom. The molecule has 2 aromatic carbocycles. The minimum atomic E-state index is -3.67. The van der Waals surface area contributed by atoms with Gasteiger partial charge in [-0.1, -0.05) is 12.1 Å². The maximum absolute atomic E-state index is 12.9. The molecule has 1 heterocycles. The van der Waals surface area contributed by atoms with Crippen molar-refractivity contribution in [2.75, 3.05) is 44.5 Å². The molecule has 0 bridgehead atoms. The highest BCUT2D eigenvalue weighted by Gasteiger charge is 2.29. The third kappa shape index (κ3) is 4.83. The van der Waals surface area contributed by atoms with Crippen molar-refractivity contribution in [1.29, 1.82) is 0 Å². The van der Waals surface area contributed by atoms with E-state index in [0.29, 0.717) is 37.4 Å². The van der Waals surface area contributed by atoms with Crippen LogP contribution in [0.25, 0.3) is 0 Å². The van der Waals surface area contributed by atoms with Crippen LogP contribution in [0.15, 0.2) is 47.4 Å². The summed E-state index contributed by atoms with van der Waals surface area (Å²) in [5.41, 5.74) is 0.861. The lowest BCUT2D eigenvalue weighted by Gasteiger charge is -2.32. The molecule has 11 heteroatoms. The summed E-state index contributed by atoms with van der Waals surface area (Å²) in [6.07, 6.45) is 1.02. The van der Waals surface area contributed by atoms with Crippen molar-refractivity contribution in [2.45, 2.75) is 17.7 Å². The van der Waals surface area contributed by atoms with E-state index in [4.69, 9.17) is 4.74 Å². The van der Waals surface area contributed by atoms with Crippen molar-refractivity contribution in [3.8, 4) is 5.75 Å². The van der Waals surface area contributed by atoms with Gasteiger partial charge in [0, 0.05) is 39.2 Å². The first-order valence-electron chi connectivity index (χ1n) is 10.0. The van der Waals surface area contributed by atoms with Crippen LogP contribution >= 0.6 is 0 Å². The number of nitrogens with zero attached hydrogens (tertiary/aromatic N) is 3. The van der Waals surface area contributed by atoms with E-state index in [2.05, 4.69) is 5.32 Å². The second-order valence-electron chi connectivity index (χ2n) is 7.65. The number of hydrogen-bond donors (Lipinski definition) is 1. The normalized spacial score (nSPS) is 14.9. The zero-order valence-electron chi connectivity index (χ0n) is 18.1. The molecule has 0 radical (unpaired) electrons. The smallest absolute Gasteiger partial charge is 0.292 e. The molecule has 0 atom stereocenters. The predicted molar refractivity (Wildman–Crippen MR) is 121 cm³/mol. The first-order chi connectivity index (χ1) is 15.1. The highest BCUT2D eigenvalue weighted by atomic mass is 32.2. The number of ether oxygens (including phenoxy) is 1. The molecule has 0 saturated carbocycles. The van der Waals surface area contributed by atoms with Crippen LogP contribution < -0.4 is 15.0 Å². The van der Waals surface area contributed by atoms with E-state index >= 15 is 0 Å². The average Bonchev–Trinajstić information content (AvgIpc) is 2.79. The molecule has 1 aliphatic rings. The van der Waals surface area contributed by atoms with Crippen LogP contribution in [0.5, 0.6) is 5.75 Å². The summed E-state index contributed by atoms with van der Waals surface area (Å²) < 4.78 is 31.2. The molecule has 172 valence electrons. The van der Waals surface area contributed by atoms with E-state index < -0.39 is 14.9 Å². The van der Waals surface area contributed by atoms with Gasteiger partial charge in [-0.2, -0.15) is 0 Å². The van der Waals surface area contributed by atoms with E-state index in [0.717, 1.165) is 4.31 Å². The van der Waals surface area contributed by atoms with Crippen molar-refractivity contribution in [1.82, 2.24) is 4.31 Å². The molecule has 1 N–H and O–H groups in total. The molecule has 3 rings (SSSR count). The number of nitro groups is 1. The number of carbonyl (C=O) groups is 1. The Morgan fingerprint density at radius 2 is 1.84 bits per heavy atom. The molecule has 1 aliphatic heterocycles. The van der Waals surface area contributed by atoms with Gasteiger partial charge in [-0.25, -0.2) is 12.7 Å². The lowest BCUT2D eigenvalue weighted by molar-refractivity contribution is -0.384. The topological polar surface area (TPSA) is 122 Å². The number of carbonyl (C=O) groups excluding carboxylic acids is 1. The number of sulfonamides is 1. The summed E-state index contributed by atoms with van der Waals surface area (Å²) in [4.78, 5) is 25.7. The summed E-state index contributed by atoms with van der Waals surface area (Å²) in [5, 5.41) is 14.1. The molecule has 32 heavy (non-hydrogen) atoms. The van der Waals surface area contributed by atoms with Crippen molar-refractivity contribution >= 4 is 33.0 Å². The Hall–Kier alpha value is -3.18. The second-order valence-corrected chi connectivity index (χ2v) is 9.80. The number of hydrogen-bond acceptors (Lipinski definition) is 7. The van der Waals surface area contributed by atoms with Gasteiger partial charge in [0.25, 0.3) is 5.69 Å². The van der Waals surface area contributed by atoms with Gasteiger partial charge in [-0.15, -0.1) is 0 Å². The maximum Gasteiger partial charge on any atom is 0.292 e. The van der Waals surface area contributed by atoms with Gasteiger partial charge in [0.2, 0.25) is 15.9 Å². The summed E-state index contributed by atoms with van der Waals surface area (Å²) >= 11 is 0. The number of rotatable bonds is 7. The van der Waals surface area contributed by atoms with E-state index in [1.54, 1.807) is 18.2 Å². The molecule has 2 aromatic rings. The van der Waals surface area contributed by atoms with Crippen LogP contribution in [0.4, 0.5) is 17.1 Å². The quantitative estimate of drug-likeness (QED) is 0.496. The predicted octanol–water partition coefficient (Wildman–Crippen LogP) is 2.71. The van der Waals surface area contributed by atoms with Crippen molar-refractivity contribution < 1.29 is 22.9 Å². The fourth-order valence-electron chi connectivity index (χ4n) is 3.66. The number of nitrogens with one attached hydrogen (secondary N) is 1. The number of benzene rings is 2. The first-order valence-corrected chi connectivity index (χ1v) is 11.5. The monoisotopic (exact) mass is 462 g/mol. The van der Waals surface area contributed by atoms with Gasteiger partial charge in [-0.3, -0.25) is 14.9 Å². The van der Waals surface area contributed by atoms with Crippen LogP contribution in [-0.2, 0) is 14.8 Å². The maximum atomic E-state index is 12.9. The zero-order chi connectivity index (χ0) is 23.5. The van der Waals surface area contributed by atoms with Crippen LogP contribution in [0.1, 0.15) is 12.8 Å². The van der Waals surface area contributed by atoms with Gasteiger partial charge in [0.1, 0.15) is 11.4 Å². The van der Waals surface area contributed by atoms with Crippen molar-refractivity contribution in [3.05, 3.63) is 52.6 Å². The SMILES string of the molecule is COc1ccc(S(=O)(=O)N(C)C)cc1NC(=O)C1CCN(c2ccccc2[N+](=O)[O-])CC1. The van der Waals surface area contributed by atoms with Crippen LogP contribution in [-0.4, -0.2) is 57.8 Å². The van der Waals surface area contributed by atoms with Crippen molar-refractivity contribution in [3.63, 3.8) is 0 Å². The Morgan fingerprint density at radius 3 is 2.44 bits per heavy atom. The molecular formula is C21H26N4O6S. The Labute approximate surface area is 187 Å². The minimum absolute atomic E-state index is 0.0408. The molecule has 1 saturated heterocycles. The largest absolute Gasteiger partial charge is 0.495 e. The van der Waals surface area contributed by atoms with Gasteiger partial charge in [-0.05, 0) is 37.1 Å². The minimum Gasteiger partial charge on any atom is -0.495 e. The summed E-state index contributed by atoms with van der Waals surface area (Å²) in [6, 6.07) is 10.9.